The van der Waals surface area contributed by atoms with Crippen LogP contribution in [0, 0.1) is 0 Å². The third-order valence-corrected chi connectivity index (χ3v) is 6.77. The molecule has 0 amide bonds. The van der Waals surface area contributed by atoms with E-state index in [-0.39, 0.29) is 6.10 Å². The zero-order valence-electron chi connectivity index (χ0n) is 21.5. The third-order valence-electron chi connectivity index (χ3n) is 6.77. The molecule has 11 nitrogen and oxygen atoms in total. The van der Waals surface area contributed by atoms with Crippen LogP contribution < -0.4 is 19.9 Å². The minimum absolute atomic E-state index is 0.128. The summed E-state index contributed by atoms with van der Waals surface area (Å²) in [4.78, 5) is 22.3. The molecule has 0 unspecified atom stereocenters. The lowest BCUT2D eigenvalue weighted by Gasteiger charge is -2.31. The lowest BCUT2D eigenvalue weighted by Crippen LogP contribution is -2.36. The molecule has 0 spiro atoms. The molecule has 1 saturated carbocycles. The Balaban J connectivity index is 1.19. The van der Waals surface area contributed by atoms with E-state index >= 15 is 0 Å². The van der Waals surface area contributed by atoms with Gasteiger partial charge < -0.3 is 34.1 Å². The molecule has 198 valence electrons. The molecule has 2 aromatic heterocycles. The van der Waals surface area contributed by atoms with Gasteiger partial charge in [0.1, 0.15) is 24.7 Å². The highest BCUT2D eigenvalue weighted by molar-refractivity contribution is 5.85. The van der Waals surface area contributed by atoms with Crippen molar-refractivity contribution in [2.75, 3.05) is 69.1 Å². The second-order valence-electron chi connectivity index (χ2n) is 9.34. The fourth-order valence-electron chi connectivity index (χ4n) is 4.87. The van der Waals surface area contributed by atoms with Crippen molar-refractivity contribution in [3.8, 4) is 5.75 Å². The zero-order valence-corrected chi connectivity index (χ0v) is 21.5. The fourth-order valence-corrected chi connectivity index (χ4v) is 4.87. The number of methoxy groups -OCH3 is 2. The van der Waals surface area contributed by atoms with Crippen molar-refractivity contribution in [3.63, 3.8) is 0 Å². The molecule has 37 heavy (non-hydrogen) atoms. The molecule has 11 heteroatoms. The average Bonchev–Trinajstić information content (AvgIpc) is 2.95. The number of ether oxygens (including phenoxy) is 4. The number of rotatable bonds is 10. The van der Waals surface area contributed by atoms with Crippen LogP contribution in [0.5, 0.6) is 5.75 Å². The summed E-state index contributed by atoms with van der Waals surface area (Å²) in [5, 5.41) is 3.48. The minimum atomic E-state index is 0.128. The van der Waals surface area contributed by atoms with Gasteiger partial charge >= 0.3 is 0 Å². The van der Waals surface area contributed by atoms with E-state index in [9.17, 15) is 0 Å². The molecule has 1 aliphatic heterocycles. The van der Waals surface area contributed by atoms with E-state index in [1.54, 1.807) is 39.0 Å². The highest BCUT2D eigenvalue weighted by Crippen LogP contribution is 2.33. The highest BCUT2D eigenvalue weighted by Gasteiger charge is 2.25. The van der Waals surface area contributed by atoms with Crippen LogP contribution in [0.25, 0.3) is 11.0 Å². The van der Waals surface area contributed by atoms with E-state index in [1.165, 1.54) is 0 Å². The number of fused-ring (bicyclic) bond motifs is 1. The van der Waals surface area contributed by atoms with E-state index in [4.69, 9.17) is 18.9 Å². The molecule has 0 atom stereocenters. The van der Waals surface area contributed by atoms with Crippen LogP contribution in [0.2, 0.25) is 0 Å². The summed E-state index contributed by atoms with van der Waals surface area (Å²) in [6.07, 6.45) is 11.0. The van der Waals surface area contributed by atoms with Crippen LogP contribution in [0.4, 0.5) is 17.3 Å². The number of benzene rings is 1. The third kappa shape index (κ3) is 6.35. The first-order chi connectivity index (χ1) is 18.2. The molecule has 1 aliphatic carbocycles. The molecule has 3 heterocycles. The Hall–Kier alpha value is -3.28. The number of nitrogens with zero attached hydrogens (tertiary/aromatic N) is 6. The monoisotopic (exact) mass is 509 g/mol. The Bertz CT molecular complexity index is 1130. The summed E-state index contributed by atoms with van der Waals surface area (Å²) in [7, 11) is 3.30. The van der Waals surface area contributed by atoms with Crippen molar-refractivity contribution in [3.05, 3.63) is 36.9 Å². The number of anilines is 3. The number of aromatic nitrogens is 4. The maximum Gasteiger partial charge on any atom is 0.222 e. The molecule has 2 fully saturated rings. The lowest BCUT2D eigenvalue weighted by atomic mass is 9.93. The molecule has 1 saturated heterocycles. The molecular weight excluding hydrogens is 474 g/mol. The Morgan fingerprint density at radius 1 is 0.946 bits per heavy atom. The standard InChI is InChI=1S/C26H35N7O4/c1-34-17-33(18-35-2)21-15-29-26(30-16-21)31-19-3-5-22(6-4-19)37-24-14-20(32-9-11-36-12-10-32)13-23-25(24)28-8-7-27-23/h7-8,13-16,19,22H,3-6,9-12,17-18H2,1-2H3,(H,29,30,31)/t19-,22+. The fraction of sp³-hybridized carbons (Fsp3) is 0.538. The van der Waals surface area contributed by atoms with Gasteiger partial charge in [0.2, 0.25) is 5.95 Å². The van der Waals surface area contributed by atoms with Crippen molar-refractivity contribution >= 4 is 28.4 Å². The second kappa shape index (κ2) is 12.3. The summed E-state index contributed by atoms with van der Waals surface area (Å²) < 4.78 is 22.5. The minimum Gasteiger partial charge on any atom is -0.488 e. The predicted octanol–water partition coefficient (Wildman–Crippen LogP) is 3.07. The molecule has 1 aromatic carbocycles. The van der Waals surface area contributed by atoms with Crippen molar-refractivity contribution in [1.82, 2.24) is 19.9 Å². The smallest absolute Gasteiger partial charge is 0.222 e. The predicted molar refractivity (Wildman–Crippen MR) is 141 cm³/mol. The van der Waals surface area contributed by atoms with Crippen LogP contribution >= 0.6 is 0 Å². The van der Waals surface area contributed by atoms with Crippen LogP contribution in [0.1, 0.15) is 25.7 Å². The molecule has 0 bridgehead atoms. The average molecular weight is 510 g/mol. The van der Waals surface area contributed by atoms with E-state index in [0.717, 1.165) is 80.1 Å². The van der Waals surface area contributed by atoms with Crippen molar-refractivity contribution in [1.29, 1.82) is 0 Å². The van der Waals surface area contributed by atoms with Crippen LogP contribution in [-0.4, -0.2) is 86.1 Å². The number of morpholine rings is 1. The van der Waals surface area contributed by atoms with Crippen molar-refractivity contribution in [2.45, 2.75) is 37.8 Å². The lowest BCUT2D eigenvalue weighted by molar-refractivity contribution is 0.122. The van der Waals surface area contributed by atoms with E-state index in [0.29, 0.717) is 25.5 Å². The molecule has 3 aromatic rings. The first-order valence-corrected chi connectivity index (χ1v) is 12.8. The van der Waals surface area contributed by atoms with Crippen LogP contribution in [0.15, 0.2) is 36.9 Å². The summed E-state index contributed by atoms with van der Waals surface area (Å²) in [6, 6.07) is 4.51. The Kier molecular flexibility index (Phi) is 8.44. The summed E-state index contributed by atoms with van der Waals surface area (Å²) in [5.74, 6) is 1.43. The second-order valence-corrected chi connectivity index (χ2v) is 9.34. The zero-order chi connectivity index (χ0) is 25.5. The van der Waals surface area contributed by atoms with E-state index in [1.807, 2.05) is 4.90 Å². The molecule has 5 rings (SSSR count). The first kappa shape index (κ1) is 25.4. The highest BCUT2D eigenvalue weighted by atomic mass is 16.5. The topological polar surface area (TPSA) is 107 Å². The Morgan fingerprint density at radius 2 is 1.65 bits per heavy atom. The maximum absolute atomic E-state index is 6.54. The van der Waals surface area contributed by atoms with Gasteiger partial charge in [-0.1, -0.05) is 0 Å². The molecule has 0 radical (unpaired) electrons. The van der Waals surface area contributed by atoms with Gasteiger partial charge in [-0.15, -0.1) is 0 Å². The van der Waals surface area contributed by atoms with Gasteiger partial charge in [-0.3, -0.25) is 4.98 Å². The quantitative estimate of drug-likeness (QED) is 0.408. The van der Waals surface area contributed by atoms with E-state index < -0.39 is 0 Å². The molecule has 2 aliphatic rings. The van der Waals surface area contributed by atoms with Crippen LogP contribution in [-0.2, 0) is 14.2 Å². The normalized spacial score (nSPS) is 20.1. The largest absolute Gasteiger partial charge is 0.488 e. The van der Waals surface area contributed by atoms with Gasteiger partial charge in [0.15, 0.2) is 0 Å². The van der Waals surface area contributed by atoms with Gasteiger partial charge in [-0.2, -0.15) is 0 Å². The summed E-state index contributed by atoms with van der Waals surface area (Å²) >= 11 is 0. The Labute approximate surface area is 217 Å². The first-order valence-electron chi connectivity index (χ1n) is 12.8. The molecule has 1 N–H and O–H groups in total. The van der Waals surface area contributed by atoms with Gasteiger partial charge in [-0.05, 0) is 31.7 Å². The van der Waals surface area contributed by atoms with Gasteiger partial charge in [0.25, 0.3) is 0 Å². The number of hydrogen-bond donors (Lipinski definition) is 1. The van der Waals surface area contributed by atoms with Crippen molar-refractivity contribution in [2.24, 2.45) is 0 Å². The van der Waals surface area contributed by atoms with Gasteiger partial charge in [-0.25, -0.2) is 15.0 Å². The van der Waals surface area contributed by atoms with Crippen molar-refractivity contribution < 1.29 is 18.9 Å². The summed E-state index contributed by atoms with van der Waals surface area (Å²) in [5.41, 5.74) is 3.62. The number of nitrogens with one attached hydrogen (secondary N) is 1. The van der Waals surface area contributed by atoms with E-state index in [2.05, 4.69) is 42.3 Å². The van der Waals surface area contributed by atoms with Crippen LogP contribution in [0.3, 0.4) is 0 Å². The number of hydrogen-bond acceptors (Lipinski definition) is 11. The van der Waals surface area contributed by atoms with Gasteiger partial charge in [0.05, 0.1) is 42.9 Å². The molecular formula is C26H35N7O4. The maximum atomic E-state index is 6.54. The SMILES string of the molecule is COCN(COC)c1cnc(N[C@H]2CC[C@@H](Oc3cc(N4CCOCC4)cc4nccnc34)CC2)nc1. The van der Waals surface area contributed by atoms with Gasteiger partial charge in [0, 0.05) is 57.5 Å². The summed E-state index contributed by atoms with van der Waals surface area (Å²) in [6.45, 7) is 4.01. The Morgan fingerprint density at radius 3 is 2.35 bits per heavy atom.